The van der Waals surface area contributed by atoms with E-state index in [1.54, 1.807) is 11.9 Å². The topological polar surface area (TPSA) is 104 Å². The van der Waals surface area contributed by atoms with E-state index >= 15 is 0 Å². The molecule has 2 aliphatic rings. The molecule has 11 heteroatoms. The molecule has 0 aliphatic carbocycles. The normalized spacial score (nSPS) is 19.8. The Labute approximate surface area is 171 Å². The van der Waals surface area contributed by atoms with Crippen molar-refractivity contribution in [2.45, 2.75) is 31.5 Å². The SMILES string of the molecule is C=CC(=O)N1CCCC2=C(NC)CCN(C(=O)c3cnc(C(F)(F)F)nc3N)C2C1. The van der Waals surface area contributed by atoms with Crippen LogP contribution in [-0.2, 0) is 11.0 Å². The second kappa shape index (κ2) is 8.33. The molecule has 1 aromatic rings. The van der Waals surface area contributed by atoms with Crippen molar-refractivity contribution in [1.29, 1.82) is 0 Å². The second-order valence-corrected chi connectivity index (χ2v) is 7.10. The number of fused-ring (bicyclic) bond motifs is 1. The number of hydrogen-bond acceptors (Lipinski definition) is 6. The van der Waals surface area contributed by atoms with E-state index < -0.39 is 29.8 Å². The zero-order valence-corrected chi connectivity index (χ0v) is 16.5. The van der Waals surface area contributed by atoms with Gasteiger partial charge in [-0.05, 0) is 24.5 Å². The van der Waals surface area contributed by atoms with Gasteiger partial charge in [-0.15, -0.1) is 0 Å². The van der Waals surface area contributed by atoms with E-state index in [1.807, 2.05) is 0 Å². The predicted octanol–water partition coefficient (Wildman–Crippen LogP) is 1.57. The predicted molar refractivity (Wildman–Crippen MR) is 103 cm³/mol. The minimum atomic E-state index is -4.76. The van der Waals surface area contributed by atoms with Crippen LogP contribution in [0.3, 0.4) is 0 Å². The van der Waals surface area contributed by atoms with Gasteiger partial charge in [-0.2, -0.15) is 13.2 Å². The van der Waals surface area contributed by atoms with Crippen molar-refractivity contribution in [3.63, 3.8) is 0 Å². The fourth-order valence-corrected chi connectivity index (χ4v) is 3.93. The molecular weight excluding hydrogens is 401 g/mol. The third kappa shape index (κ3) is 4.10. The number of carbonyl (C=O) groups is 2. The zero-order chi connectivity index (χ0) is 22.1. The summed E-state index contributed by atoms with van der Waals surface area (Å²) in [5.41, 5.74) is 7.49. The highest BCUT2D eigenvalue weighted by molar-refractivity contribution is 5.98. The standard InChI is InChI=1S/C19H23F3N6O2/c1-3-15(29)27-7-4-5-11-13(24-2)6-8-28(14(11)10-27)17(30)12-9-25-18(19(20,21)22)26-16(12)23/h3,9,14,24H,1,4-8,10H2,2H3,(H2,23,25,26). The highest BCUT2D eigenvalue weighted by atomic mass is 19.4. The van der Waals surface area contributed by atoms with Crippen LogP contribution in [-0.4, -0.2) is 64.3 Å². The fourth-order valence-electron chi connectivity index (χ4n) is 3.93. The van der Waals surface area contributed by atoms with Gasteiger partial charge in [-0.1, -0.05) is 6.58 Å². The molecule has 0 bridgehead atoms. The van der Waals surface area contributed by atoms with Gasteiger partial charge in [-0.3, -0.25) is 9.59 Å². The molecule has 1 atom stereocenters. The number of hydrogen-bond donors (Lipinski definition) is 2. The summed E-state index contributed by atoms with van der Waals surface area (Å²) < 4.78 is 38.5. The highest BCUT2D eigenvalue weighted by Gasteiger charge is 2.39. The summed E-state index contributed by atoms with van der Waals surface area (Å²) in [7, 11) is 1.80. The number of nitrogens with zero attached hydrogens (tertiary/aromatic N) is 4. The quantitative estimate of drug-likeness (QED) is 0.714. The minimum Gasteiger partial charge on any atom is -0.391 e. The number of halogens is 3. The van der Waals surface area contributed by atoms with Crippen LogP contribution in [0.4, 0.5) is 19.0 Å². The van der Waals surface area contributed by atoms with E-state index in [2.05, 4.69) is 21.9 Å². The van der Waals surface area contributed by atoms with Crippen LogP contribution in [0.2, 0.25) is 0 Å². The Hall–Kier alpha value is -3.11. The number of nitrogens with one attached hydrogen (secondary N) is 1. The molecule has 2 amide bonds. The monoisotopic (exact) mass is 424 g/mol. The van der Waals surface area contributed by atoms with E-state index in [0.29, 0.717) is 25.9 Å². The van der Waals surface area contributed by atoms with Gasteiger partial charge in [0.25, 0.3) is 5.91 Å². The number of alkyl halides is 3. The molecule has 0 saturated carbocycles. The van der Waals surface area contributed by atoms with Gasteiger partial charge in [0.1, 0.15) is 11.4 Å². The van der Waals surface area contributed by atoms with Crippen molar-refractivity contribution in [3.05, 3.63) is 41.5 Å². The lowest BCUT2D eigenvalue weighted by molar-refractivity contribution is -0.144. The Balaban J connectivity index is 1.96. The van der Waals surface area contributed by atoms with E-state index in [4.69, 9.17) is 5.73 Å². The maximum absolute atomic E-state index is 13.2. The van der Waals surface area contributed by atoms with E-state index in [1.165, 1.54) is 11.0 Å². The first-order valence-corrected chi connectivity index (χ1v) is 9.49. The van der Waals surface area contributed by atoms with E-state index in [-0.39, 0.29) is 18.0 Å². The van der Waals surface area contributed by atoms with Crippen molar-refractivity contribution in [2.75, 3.05) is 32.4 Å². The Kier molecular flexibility index (Phi) is 5.99. The molecule has 1 aromatic heterocycles. The maximum atomic E-state index is 13.2. The lowest BCUT2D eigenvalue weighted by Crippen LogP contribution is -2.51. The number of carbonyl (C=O) groups excluding carboxylic acids is 2. The molecule has 8 nitrogen and oxygen atoms in total. The highest BCUT2D eigenvalue weighted by Crippen LogP contribution is 2.32. The molecular formula is C19H23F3N6O2. The molecule has 3 N–H and O–H groups in total. The van der Waals surface area contributed by atoms with Crippen molar-refractivity contribution in [1.82, 2.24) is 25.1 Å². The van der Waals surface area contributed by atoms with Gasteiger partial charge >= 0.3 is 6.18 Å². The van der Waals surface area contributed by atoms with Gasteiger partial charge in [0.05, 0.1) is 6.04 Å². The summed E-state index contributed by atoms with van der Waals surface area (Å²) in [6.07, 6.45) is -0.747. The van der Waals surface area contributed by atoms with Crippen LogP contribution in [0, 0.1) is 0 Å². The molecule has 162 valence electrons. The summed E-state index contributed by atoms with van der Waals surface area (Å²) in [4.78, 5) is 35.1. The van der Waals surface area contributed by atoms with Gasteiger partial charge in [-0.25, -0.2) is 9.97 Å². The second-order valence-electron chi connectivity index (χ2n) is 7.10. The smallest absolute Gasteiger partial charge is 0.391 e. The van der Waals surface area contributed by atoms with Crippen LogP contribution in [0.1, 0.15) is 35.4 Å². The number of nitrogens with two attached hydrogens (primary N) is 1. The van der Waals surface area contributed by atoms with Crippen LogP contribution < -0.4 is 11.1 Å². The van der Waals surface area contributed by atoms with Crippen LogP contribution >= 0.6 is 0 Å². The third-order valence-corrected chi connectivity index (χ3v) is 5.39. The molecule has 0 radical (unpaired) electrons. The maximum Gasteiger partial charge on any atom is 0.451 e. The molecule has 30 heavy (non-hydrogen) atoms. The molecule has 3 rings (SSSR count). The first-order valence-electron chi connectivity index (χ1n) is 9.49. The number of amides is 2. The molecule has 0 aromatic carbocycles. The number of likely N-dealkylation sites (tertiary alicyclic amines) is 1. The average molecular weight is 424 g/mol. The summed E-state index contributed by atoms with van der Waals surface area (Å²) in [6.45, 7) is 4.63. The Morgan fingerprint density at radius 3 is 2.67 bits per heavy atom. The fraction of sp³-hybridized carbons (Fsp3) is 0.474. The van der Waals surface area contributed by atoms with Gasteiger partial charge in [0.15, 0.2) is 0 Å². The zero-order valence-electron chi connectivity index (χ0n) is 16.5. The molecule has 0 spiro atoms. The van der Waals surface area contributed by atoms with Crippen molar-refractivity contribution >= 4 is 17.6 Å². The Bertz CT molecular complexity index is 899. The Morgan fingerprint density at radius 1 is 1.33 bits per heavy atom. The minimum absolute atomic E-state index is 0.193. The van der Waals surface area contributed by atoms with Crippen LogP contribution in [0.5, 0.6) is 0 Å². The molecule has 1 saturated heterocycles. The van der Waals surface area contributed by atoms with Gasteiger partial charge in [0, 0.05) is 45.0 Å². The van der Waals surface area contributed by atoms with Crippen molar-refractivity contribution < 1.29 is 22.8 Å². The summed E-state index contributed by atoms with van der Waals surface area (Å²) in [6, 6.07) is -0.429. The molecule has 1 fully saturated rings. The molecule has 1 unspecified atom stereocenters. The molecule has 2 aliphatic heterocycles. The van der Waals surface area contributed by atoms with Crippen molar-refractivity contribution in [3.8, 4) is 0 Å². The Morgan fingerprint density at radius 2 is 2.07 bits per heavy atom. The number of aromatic nitrogens is 2. The summed E-state index contributed by atoms with van der Waals surface area (Å²) >= 11 is 0. The van der Waals surface area contributed by atoms with Gasteiger partial charge in [0.2, 0.25) is 11.7 Å². The largest absolute Gasteiger partial charge is 0.451 e. The number of nitrogen functional groups attached to an aromatic ring is 1. The van der Waals surface area contributed by atoms with E-state index in [0.717, 1.165) is 23.9 Å². The van der Waals surface area contributed by atoms with Crippen LogP contribution in [0.15, 0.2) is 30.1 Å². The lowest BCUT2D eigenvalue weighted by atomic mass is 9.93. The first-order chi connectivity index (χ1) is 14.2. The summed E-state index contributed by atoms with van der Waals surface area (Å²) in [5.74, 6) is -2.73. The average Bonchev–Trinajstić information content (AvgIpc) is 2.94. The van der Waals surface area contributed by atoms with Crippen LogP contribution in [0.25, 0.3) is 0 Å². The third-order valence-electron chi connectivity index (χ3n) is 5.39. The summed E-state index contributed by atoms with van der Waals surface area (Å²) in [5, 5.41) is 3.17. The van der Waals surface area contributed by atoms with Crippen molar-refractivity contribution in [2.24, 2.45) is 0 Å². The lowest BCUT2D eigenvalue weighted by Gasteiger charge is -2.39. The first kappa shape index (κ1) is 21.6. The molecule has 3 heterocycles. The van der Waals surface area contributed by atoms with Gasteiger partial charge < -0.3 is 20.9 Å². The van der Waals surface area contributed by atoms with E-state index in [9.17, 15) is 22.8 Å². The number of rotatable bonds is 3. The number of anilines is 1.